The molecule has 98 valence electrons. The number of cyclic esters (lactones) is 1. The number of carbonyl (C=O) groups excluding carboxylic acids is 1. The van der Waals surface area contributed by atoms with Crippen molar-refractivity contribution in [2.24, 2.45) is 0 Å². The van der Waals surface area contributed by atoms with Gasteiger partial charge in [-0.1, -0.05) is 6.07 Å². The number of alkyl carbamates (subject to hydrolysis) is 1. The minimum Gasteiger partial charge on any atom is -0.493 e. The van der Waals surface area contributed by atoms with E-state index in [-0.39, 0.29) is 0 Å². The number of methoxy groups -OCH3 is 1. The molecular weight excluding hydrogens is 234 g/mol. The molecule has 0 aliphatic carbocycles. The summed E-state index contributed by atoms with van der Waals surface area (Å²) in [5.41, 5.74) is 0.222. The highest BCUT2D eigenvalue weighted by Gasteiger charge is 2.37. The lowest BCUT2D eigenvalue weighted by Gasteiger charge is -2.22. The van der Waals surface area contributed by atoms with Gasteiger partial charge in [-0.25, -0.2) is 4.79 Å². The molecule has 1 saturated heterocycles. The molecule has 5 heteroatoms. The summed E-state index contributed by atoms with van der Waals surface area (Å²) >= 11 is 0. The minimum atomic E-state index is -0.658. The first-order valence-electron chi connectivity index (χ1n) is 5.87. The Kier molecular flexibility index (Phi) is 3.32. The molecule has 1 aromatic carbocycles. The van der Waals surface area contributed by atoms with E-state index in [1.54, 1.807) is 7.11 Å². The Bertz CT molecular complexity index is 460. The van der Waals surface area contributed by atoms with E-state index in [2.05, 4.69) is 5.32 Å². The average molecular weight is 251 g/mol. The summed E-state index contributed by atoms with van der Waals surface area (Å²) in [6, 6.07) is 5.54. The third-order valence-electron chi connectivity index (χ3n) is 2.96. The van der Waals surface area contributed by atoms with Gasteiger partial charge in [0.25, 0.3) is 0 Å². The van der Waals surface area contributed by atoms with Crippen molar-refractivity contribution in [3.8, 4) is 11.5 Å². The Morgan fingerprint density at radius 1 is 1.44 bits per heavy atom. The molecule has 1 aliphatic rings. The highest BCUT2D eigenvalue weighted by molar-refractivity contribution is 5.70. The second kappa shape index (κ2) is 4.76. The predicted octanol–water partition coefficient (Wildman–Crippen LogP) is 2.05. The van der Waals surface area contributed by atoms with E-state index in [1.165, 1.54) is 0 Å². The normalized spacial score (nSPS) is 22.3. The van der Waals surface area contributed by atoms with Crippen LogP contribution in [-0.4, -0.2) is 26.4 Å². The third-order valence-corrected chi connectivity index (χ3v) is 2.96. The topological polar surface area (TPSA) is 56.8 Å². The van der Waals surface area contributed by atoms with Gasteiger partial charge in [-0.05, 0) is 26.0 Å². The van der Waals surface area contributed by atoms with Crippen molar-refractivity contribution < 1.29 is 19.0 Å². The summed E-state index contributed by atoms with van der Waals surface area (Å²) in [4.78, 5) is 11.2. The van der Waals surface area contributed by atoms with Crippen molar-refractivity contribution in [1.29, 1.82) is 0 Å². The lowest BCUT2D eigenvalue weighted by Crippen LogP contribution is -2.26. The molecule has 1 heterocycles. The van der Waals surface area contributed by atoms with Gasteiger partial charge in [-0.15, -0.1) is 0 Å². The summed E-state index contributed by atoms with van der Waals surface area (Å²) in [6.45, 7) is 4.77. The zero-order chi connectivity index (χ0) is 13.2. The lowest BCUT2D eigenvalue weighted by atomic mass is 9.96. The monoisotopic (exact) mass is 251 g/mol. The summed E-state index contributed by atoms with van der Waals surface area (Å²) in [7, 11) is 1.59. The number of hydrogen-bond donors (Lipinski definition) is 1. The Labute approximate surface area is 106 Å². The second-order valence-electron chi connectivity index (χ2n) is 4.27. The van der Waals surface area contributed by atoms with E-state index in [9.17, 15) is 4.79 Å². The van der Waals surface area contributed by atoms with Gasteiger partial charge in [0.15, 0.2) is 17.1 Å². The fourth-order valence-electron chi connectivity index (χ4n) is 1.95. The highest BCUT2D eigenvalue weighted by Crippen LogP contribution is 2.35. The van der Waals surface area contributed by atoms with Crippen LogP contribution in [0.1, 0.15) is 19.4 Å². The Hall–Kier alpha value is -1.91. The fraction of sp³-hybridized carbons (Fsp3) is 0.462. The van der Waals surface area contributed by atoms with Crippen LogP contribution >= 0.6 is 0 Å². The molecule has 0 saturated carbocycles. The molecule has 5 nitrogen and oxygen atoms in total. The molecular formula is C13H17NO4. The van der Waals surface area contributed by atoms with Crippen molar-refractivity contribution in [3.63, 3.8) is 0 Å². The van der Waals surface area contributed by atoms with Crippen molar-refractivity contribution in [3.05, 3.63) is 23.8 Å². The molecule has 18 heavy (non-hydrogen) atoms. The molecule has 1 N–H and O–H groups in total. The van der Waals surface area contributed by atoms with Gasteiger partial charge >= 0.3 is 6.09 Å². The van der Waals surface area contributed by atoms with E-state index in [0.29, 0.717) is 24.7 Å². The number of amides is 1. The van der Waals surface area contributed by atoms with Gasteiger partial charge in [-0.2, -0.15) is 0 Å². The van der Waals surface area contributed by atoms with E-state index >= 15 is 0 Å². The first-order valence-corrected chi connectivity index (χ1v) is 5.87. The van der Waals surface area contributed by atoms with Crippen LogP contribution in [0.4, 0.5) is 4.79 Å². The number of ether oxygens (including phenoxy) is 3. The minimum absolute atomic E-state index is 0.397. The molecule has 1 aliphatic heterocycles. The highest BCUT2D eigenvalue weighted by atomic mass is 16.6. The van der Waals surface area contributed by atoms with Crippen LogP contribution in [0.25, 0.3) is 0 Å². The van der Waals surface area contributed by atoms with Crippen molar-refractivity contribution in [1.82, 2.24) is 5.32 Å². The first kappa shape index (κ1) is 12.5. The Balaban J connectivity index is 2.34. The first-order chi connectivity index (χ1) is 8.59. The van der Waals surface area contributed by atoms with E-state index in [1.807, 2.05) is 32.0 Å². The SMILES string of the molecule is CCOc1cc(C2(C)CNC(=O)O2)ccc1OC. The van der Waals surface area contributed by atoms with E-state index < -0.39 is 11.7 Å². The summed E-state index contributed by atoms with van der Waals surface area (Å²) < 4.78 is 16.0. The largest absolute Gasteiger partial charge is 0.493 e. The van der Waals surface area contributed by atoms with Crippen LogP contribution in [0.5, 0.6) is 11.5 Å². The van der Waals surface area contributed by atoms with Gasteiger partial charge in [0.1, 0.15) is 0 Å². The number of benzene rings is 1. The van der Waals surface area contributed by atoms with Crippen molar-refractivity contribution in [2.45, 2.75) is 19.4 Å². The van der Waals surface area contributed by atoms with Crippen LogP contribution < -0.4 is 14.8 Å². The van der Waals surface area contributed by atoms with Crippen LogP contribution in [0.15, 0.2) is 18.2 Å². The van der Waals surface area contributed by atoms with Crippen LogP contribution in [0.2, 0.25) is 0 Å². The van der Waals surface area contributed by atoms with Crippen molar-refractivity contribution in [2.75, 3.05) is 20.3 Å². The molecule has 1 unspecified atom stereocenters. The number of rotatable bonds is 4. The maximum Gasteiger partial charge on any atom is 0.408 e. The molecule has 1 fully saturated rings. The standard InChI is InChI=1S/C13H17NO4/c1-4-17-11-7-9(5-6-10(11)16-3)13(2)8-14-12(15)18-13/h5-7H,4,8H2,1-3H3,(H,14,15). The second-order valence-corrected chi connectivity index (χ2v) is 4.27. The molecule has 0 spiro atoms. The zero-order valence-corrected chi connectivity index (χ0v) is 10.8. The van der Waals surface area contributed by atoms with E-state index in [4.69, 9.17) is 14.2 Å². The number of nitrogens with one attached hydrogen (secondary N) is 1. The predicted molar refractivity (Wildman–Crippen MR) is 66.0 cm³/mol. The molecule has 0 aromatic heterocycles. The molecule has 0 bridgehead atoms. The summed E-state index contributed by atoms with van der Waals surface area (Å²) in [5.74, 6) is 1.32. The maximum atomic E-state index is 11.2. The zero-order valence-electron chi connectivity index (χ0n) is 10.8. The lowest BCUT2D eigenvalue weighted by molar-refractivity contribution is 0.0701. The third kappa shape index (κ3) is 2.20. The number of hydrogen-bond acceptors (Lipinski definition) is 4. The maximum absolute atomic E-state index is 11.2. The summed E-state index contributed by atoms with van der Waals surface area (Å²) in [5, 5.41) is 2.66. The number of carbonyl (C=O) groups is 1. The molecule has 1 atom stereocenters. The van der Waals surface area contributed by atoms with Crippen molar-refractivity contribution >= 4 is 6.09 Å². The van der Waals surface area contributed by atoms with Crippen LogP contribution in [-0.2, 0) is 10.3 Å². The molecule has 1 amide bonds. The van der Waals surface area contributed by atoms with Crippen LogP contribution in [0.3, 0.4) is 0 Å². The van der Waals surface area contributed by atoms with Gasteiger partial charge in [-0.3, -0.25) is 0 Å². The molecule has 1 aromatic rings. The molecule has 2 rings (SSSR count). The quantitative estimate of drug-likeness (QED) is 0.889. The molecule has 0 radical (unpaired) electrons. The van der Waals surface area contributed by atoms with Gasteiger partial charge < -0.3 is 19.5 Å². The Morgan fingerprint density at radius 2 is 2.22 bits per heavy atom. The fourth-order valence-corrected chi connectivity index (χ4v) is 1.95. The Morgan fingerprint density at radius 3 is 2.78 bits per heavy atom. The van der Waals surface area contributed by atoms with Gasteiger partial charge in [0.05, 0.1) is 20.3 Å². The van der Waals surface area contributed by atoms with Crippen LogP contribution in [0, 0.1) is 0 Å². The van der Waals surface area contributed by atoms with E-state index in [0.717, 1.165) is 5.56 Å². The van der Waals surface area contributed by atoms with Gasteiger partial charge in [0, 0.05) is 5.56 Å². The van der Waals surface area contributed by atoms with Gasteiger partial charge in [0.2, 0.25) is 0 Å². The summed E-state index contributed by atoms with van der Waals surface area (Å²) in [6.07, 6.45) is -0.397. The average Bonchev–Trinajstić information content (AvgIpc) is 2.71. The smallest absolute Gasteiger partial charge is 0.408 e.